The van der Waals surface area contributed by atoms with Gasteiger partial charge in [0.15, 0.2) is 0 Å². The monoisotopic (exact) mass is 167 g/mol. The van der Waals surface area contributed by atoms with E-state index in [-0.39, 0.29) is 11.8 Å². The SMILES string of the molecule is CC1(CN2C(=O)CCC2=O)N=N1. The predicted octanol–water partition coefficient (Wildman–Crippen LogP) is 0.317. The molecule has 1 fully saturated rings. The van der Waals surface area contributed by atoms with Crippen molar-refractivity contribution in [2.45, 2.75) is 25.4 Å². The molecule has 0 unspecified atom stereocenters. The van der Waals surface area contributed by atoms with Gasteiger partial charge in [-0.3, -0.25) is 14.5 Å². The largest absolute Gasteiger partial charge is 0.278 e. The van der Waals surface area contributed by atoms with Crippen LogP contribution in [0.4, 0.5) is 0 Å². The molecule has 0 aliphatic carbocycles. The van der Waals surface area contributed by atoms with Crippen LogP contribution in [0, 0.1) is 0 Å². The van der Waals surface area contributed by atoms with Gasteiger partial charge in [-0.2, -0.15) is 10.2 Å². The highest BCUT2D eigenvalue weighted by Gasteiger charge is 2.41. The van der Waals surface area contributed by atoms with E-state index in [9.17, 15) is 9.59 Å². The maximum atomic E-state index is 11.1. The third kappa shape index (κ3) is 1.11. The minimum atomic E-state index is -0.490. The number of imide groups is 1. The predicted molar refractivity (Wildman–Crippen MR) is 39.2 cm³/mol. The van der Waals surface area contributed by atoms with E-state index >= 15 is 0 Å². The Labute approximate surface area is 69.4 Å². The number of hydrogen-bond acceptors (Lipinski definition) is 4. The average molecular weight is 167 g/mol. The van der Waals surface area contributed by atoms with Gasteiger partial charge in [0.2, 0.25) is 17.5 Å². The normalized spacial score (nSPS) is 25.2. The van der Waals surface area contributed by atoms with Gasteiger partial charge >= 0.3 is 0 Å². The Morgan fingerprint density at radius 3 is 2.25 bits per heavy atom. The van der Waals surface area contributed by atoms with Gasteiger partial charge in [0.05, 0.1) is 6.54 Å². The van der Waals surface area contributed by atoms with Crippen LogP contribution in [0.25, 0.3) is 0 Å². The first-order chi connectivity index (χ1) is 5.61. The van der Waals surface area contributed by atoms with Gasteiger partial charge in [-0.05, 0) is 6.92 Å². The van der Waals surface area contributed by atoms with Crippen molar-refractivity contribution in [2.24, 2.45) is 10.2 Å². The molecule has 64 valence electrons. The fourth-order valence-corrected chi connectivity index (χ4v) is 1.25. The number of carbonyl (C=O) groups excluding carboxylic acids is 2. The summed E-state index contributed by atoms with van der Waals surface area (Å²) in [6.45, 7) is 2.12. The van der Waals surface area contributed by atoms with E-state index in [1.165, 1.54) is 4.90 Å². The zero-order valence-corrected chi connectivity index (χ0v) is 6.78. The molecule has 0 aromatic heterocycles. The lowest BCUT2D eigenvalue weighted by molar-refractivity contribution is -0.138. The maximum absolute atomic E-state index is 11.1. The van der Waals surface area contributed by atoms with Crippen LogP contribution < -0.4 is 0 Å². The summed E-state index contributed by atoms with van der Waals surface area (Å²) in [5.74, 6) is -0.197. The van der Waals surface area contributed by atoms with E-state index in [0.717, 1.165) is 0 Å². The minimum Gasteiger partial charge on any atom is -0.278 e. The maximum Gasteiger partial charge on any atom is 0.229 e. The fourth-order valence-electron chi connectivity index (χ4n) is 1.25. The fraction of sp³-hybridized carbons (Fsp3) is 0.714. The zero-order chi connectivity index (χ0) is 8.77. The number of nitrogens with zero attached hydrogens (tertiary/aromatic N) is 3. The van der Waals surface area contributed by atoms with Gasteiger partial charge in [0.1, 0.15) is 0 Å². The molecule has 2 aliphatic rings. The molecule has 0 N–H and O–H groups in total. The average Bonchev–Trinajstić information content (AvgIpc) is 2.67. The number of rotatable bonds is 2. The Hall–Kier alpha value is -1.26. The second kappa shape index (κ2) is 2.12. The number of likely N-dealkylation sites (tertiary alicyclic amines) is 1. The molecule has 0 bridgehead atoms. The lowest BCUT2D eigenvalue weighted by Crippen LogP contribution is -2.36. The molecule has 1 saturated heterocycles. The zero-order valence-electron chi connectivity index (χ0n) is 6.78. The van der Waals surface area contributed by atoms with Crippen LogP contribution in [0.5, 0.6) is 0 Å². The number of hydrogen-bond donors (Lipinski definition) is 0. The van der Waals surface area contributed by atoms with Gasteiger partial charge in [-0.15, -0.1) is 0 Å². The minimum absolute atomic E-state index is 0.0986. The van der Waals surface area contributed by atoms with E-state index in [4.69, 9.17) is 0 Å². The molecule has 0 saturated carbocycles. The lowest BCUT2D eigenvalue weighted by atomic mass is 10.2. The van der Waals surface area contributed by atoms with Crippen LogP contribution in [-0.2, 0) is 9.59 Å². The second-order valence-electron chi connectivity index (χ2n) is 3.29. The Bertz CT molecular complexity index is 262. The third-order valence-electron chi connectivity index (χ3n) is 2.05. The van der Waals surface area contributed by atoms with Crippen LogP contribution in [0.1, 0.15) is 19.8 Å². The van der Waals surface area contributed by atoms with Crippen LogP contribution in [0.15, 0.2) is 10.2 Å². The highest BCUT2D eigenvalue weighted by molar-refractivity contribution is 6.02. The van der Waals surface area contributed by atoms with Crippen molar-refractivity contribution in [1.82, 2.24) is 4.90 Å². The molecule has 0 spiro atoms. The first-order valence-electron chi connectivity index (χ1n) is 3.88. The van der Waals surface area contributed by atoms with Crippen molar-refractivity contribution in [3.63, 3.8) is 0 Å². The highest BCUT2D eigenvalue weighted by atomic mass is 16.2. The van der Waals surface area contributed by atoms with E-state index in [1.807, 2.05) is 0 Å². The molecule has 2 heterocycles. The molecular formula is C7H9N3O2. The number of carbonyl (C=O) groups is 2. The topological polar surface area (TPSA) is 62.1 Å². The molecule has 2 aliphatic heterocycles. The second-order valence-corrected chi connectivity index (χ2v) is 3.29. The summed E-state index contributed by atoms with van der Waals surface area (Å²) in [5, 5.41) is 7.49. The van der Waals surface area contributed by atoms with E-state index in [1.54, 1.807) is 6.92 Å². The quantitative estimate of drug-likeness (QED) is 0.556. The van der Waals surface area contributed by atoms with Crippen molar-refractivity contribution < 1.29 is 9.59 Å². The van der Waals surface area contributed by atoms with Crippen molar-refractivity contribution in [3.05, 3.63) is 0 Å². The van der Waals surface area contributed by atoms with Gasteiger partial charge in [0, 0.05) is 12.8 Å². The van der Waals surface area contributed by atoms with E-state index in [2.05, 4.69) is 10.2 Å². The molecular weight excluding hydrogens is 158 g/mol. The summed E-state index contributed by atoms with van der Waals surface area (Å²) in [4.78, 5) is 23.5. The van der Waals surface area contributed by atoms with Gasteiger partial charge in [-0.1, -0.05) is 0 Å². The Balaban J connectivity index is 2.02. The molecule has 12 heavy (non-hydrogen) atoms. The van der Waals surface area contributed by atoms with E-state index < -0.39 is 5.66 Å². The third-order valence-corrected chi connectivity index (χ3v) is 2.05. The molecule has 0 aromatic carbocycles. The standard InChI is InChI=1S/C7H9N3O2/c1-7(8-9-7)4-10-5(11)2-3-6(10)12/h2-4H2,1H3. The molecule has 5 heteroatoms. The summed E-state index contributed by atoms with van der Waals surface area (Å²) in [7, 11) is 0. The van der Waals surface area contributed by atoms with Crippen molar-refractivity contribution in [1.29, 1.82) is 0 Å². The molecule has 0 aromatic rings. The molecule has 2 rings (SSSR count). The van der Waals surface area contributed by atoms with Crippen molar-refractivity contribution in [2.75, 3.05) is 6.54 Å². The van der Waals surface area contributed by atoms with Gasteiger partial charge in [0.25, 0.3) is 0 Å². The highest BCUT2D eigenvalue weighted by Crippen LogP contribution is 2.29. The van der Waals surface area contributed by atoms with Crippen LogP contribution in [0.3, 0.4) is 0 Å². The molecule has 5 nitrogen and oxygen atoms in total. The summed E-state index contributed by atoms with van der Waals surface area (Å²) in [6.07, 6.45) is 0.684. The number of amides is 2. The molecule has 2 amide bonds. The van der Waals surface area contributed by atoms with Crippen LogP contribution in [-0.4, -0.2) is 28.9 Å². The molecule has 0 atom stereocenters. The van der Waals surface area contributed by atoms with E-state index in [0.29, 0.717) is 19.4 Å². The van der Waals surface area contributed by atoms with Gasteiger partial charge < -0.3 is 0 Å². The first kappa shape index (κ1) is 7.39. The van der Waals surface area contributed by atoms with Crippen LogP contribution >= 0.6 is 0 Å². The van der Waals surface area contributed by atoms with Crippen molar-refractivity contribution >= 4 is 11.8 Å². The van der Waals surface area contributed by atoms with Crippen molar-refractivity contribution in [3.8, 4) is 0 Å². The summed E-state index contributed by atoms with van der Waals surface area (Å²) >= 11 is 0. The van der Waals surface area contributed by atoms with Gasteiger partial charge in [-0.25, -0.2) is 0 Å². The Morgan fingerprint density at radius 2 is 1.83 bits per heavy atom. The summed E-state index contributed by atoms with van der Waals surface area (Å²) in [6, 6.07) is 0. The Morgan fingerprint density at radius 1 is 1.33 bits per heavy atom. The smallest absolute Gasteiger partial charge is 0.229 e. The summed E-state index contributed by atoms with van der Waals surface area (Å²) < 4.78 is 0. The summed E-state index contributed by atoms with van der Waals surface area (Å²) in [5.41, 5.74) is -0.490. The molecule has 0 radical (unpaired) electrons. The van der Waals surface area contributed by atoms with Crippen LogP contribution in [0.2, 0.25) is 0 Å². The lowest BCUT2D eigenvalue weighted by Gasteiger charge is -2.14. The Kier molecular flexibility index (Phi) is 1.31. The first-order valence-corrected chi connectivity index (χ1v) is 3.88.